The van der Waals surface area contributed by atoms with E-state index in [0.29, 0.717) is 0 Å². The van der Waals surface area contributed by atoms with E-state index in [1.165, 1.54) is 149 Å². The summed E-state index contributed by atoms with van der Waals surface area (Å²) in [6.07, 6.45) is 36.0. The van der Waals surface area contributed by atoms with Crippen molar-refractivity contribution in [3.63, 3.8) is 0 Å². The molecule has 3 aromatic rings. The van der Waals surface area contributed by atoms with Gasteiger partial charge in [0.05, 0.1) is 0 Å². The molecule has 0 nitrogen and oxygen atoms in total. The van der Waals surface area contributed by atoms with Crippen LogP contribution in [0.25, 0.3) is 24.3 Å². The van der Waals surface area contributed by atoms with Crippen molar-refractivity contribution in [2.75, 3.05) is 0 Å². The maximum atomic E-state index is 2.51. The van der Waals surface area contributed by atoms with Crippen molar-refractivity contribution in [3.05, 3.63) is 78.2 Å². The number of hydrogen-bond acceptors (Lipinski definition) is 2. The zero-order chi connectivity index (χ0) is 31.2. The Morgan fingerprint density at radius 2 is 0.909 bits per heavy atom. The molecule has 0 saturated carbocycles. The second-order valence-corrected chi connectivity index (χ2v) is 14.7. The first kappa shape index (κ1) is 36.6. The second kappa shape index (κ2) is 22.6. The molecule has 0 N–H and O–H groups in total. The molecule has 0 unspecified atom stereocenters. The van der Waals surface area contributed by atoms with Crippen LogP contribution in [0.15, 0.2) is 35.7 Å². The summed E-state index contributed by atoms with van der Waals surface area (Å²) in [7, 11) is 0. The SMILES string of the molecule is CCCCCCc1csc(/C=C/c2sc(/C=C/c3ccccc3)c(CCCCCC)c2CCCCCC)c1CCCCCC. The van der Waals surface area contributed by atoms with Crippen LogP contribution < -0.4 is 0 Å². The average Bonchev–Trinajstić information content (AvgIpc) is 3.59. The molecule has 0 atom stereocenters. The van der Waals surface area contributed by atoms with E-state index < -0.39 is 0 Å². The predicted molar refractivity (Wildman–Crippen MR) is 204 cm³/mol. The van der Waals surface area contributed by atoms with Crippen molar-refractivity contribution in [2.24, 2.45) is 0 Å². The molecule has 0 fully saturated rings. The lowest BCUT2D eigenvalue weighted by Crippen LogP contribution is -1.96. The average molecular weight is 631 g/mol. The van der Waals surface area contributed by atoms with Crippen molar-refractivity contribution in [1.82, 2.24) is 0 Å². The van der Waals surface area contributed by atoms with Crippen LogP contribution in [0.4, 0.5) is 0 Å². The van der Waals surface area contributed by atoms with Gasteiger partial charge in [-0.15, -0.1) is 22.7 Å². The van der Waals surface area contributed by atoms with Crippen LogP contribution in [-0.2, 0) is 25.7 Å². The molecule has 0 bridgehead atoms. The van der Waals surface area contributed by atoms with Gasteiger partial charge in [-0.3, -0.25) is 0 Å². The fourth-order valence-electron chi connectivity index (χ4n) is 6.24. The van der Waals surface area contributed by atoms with Gasteiger partial charge in [0, 0.05) is 14.6 Å². The number of hydrogen-bond donors (Lipinski definition) is 0. The van der Waals surface area contributed by atoms with E-state index in [0.717, 1.165) is 0 Å². The minimum atomic E-state index is 1.21. The molecule has 1 aromatic carbocycles. The smallest absolute Gasteiger partial charge is 0.0312 e. The third-order valence-electron chi connectivity index (χ3n) is 8.95. The Hall–Kier alpha value is -1.90. The highest BCUT2D eigenvalue weighted by molar-refractivity contribution is 7.14. The molecule has 3 rings (SSSR count). The normalized spacial score (nSPS) is 11.9. The van der Waals surface area contributed by atoms with Crippen LogP contribution >= 0.6 is 22.7 Å². The lowest BCUT2D eigenvalue weighted by molar-refractivity contribution is 0.651. The first-order valence-electron chi connectivity index (χ1n) is 18.4. The first-order valence-corrected chi connectivity index (χ1v) is 20.1. The van der Waals surface area contributed by atoms with Crippen LogP contribution in [0.2, 0.25) is 0 Å². The molecule has 0 aliphatic carbocycles. The number of unbranched alkanes of at least 4 members (excludes halogenated alkanes) is 12. The van der Waals surface area contributed by atoms with Crippen LogP contribution in [0.3, 0.4) is 0 Å². The molecule has 2 heterocycles. The molecule has 2 heteroatoms. The minimum absolute atomic E-state index is 1.21. The monoisotopic (exact) mass is 630 g/mol. The molecule has 2 aromatic heterocycles. The summed E-state index contributed by atoms with van der Waals surface area (Å²) in [6, 6.07) is 10.8. The van der Waals surface area contributed by atoms with Crippen molar-refractivity contribution in [3.8, 4) is 0 Å². The summed E-state index contributed by atoms with van der Waals surface area (Å²) in [5, 5.41) is 2.49. The third-order valence-corrected chi connectivity index (χ3v) is 11.2. The van der Waals surface area contributed by atoms with Gasteiger partial charge in [0.25, 0.3) is 0 Å². The maximum Gasteiger partial charge on any atom is 0.0312 e. The minimum Gasteiger partial charge on any atom is -0.144 e. The molecular weight excluding hydrogens is 569 g/mol. The molecule has 0 amide bonds. The van der Waals surface area contributed by atoms with Crippen molar-refractivity contribution in [2.45, 2.75) is 156 Å². The Morgan fingerprint density at radius 1 is 0.455 bits per heavy atom. The Bertz CT molecular complexity index is 1210. The molecule has 0 aliphatic rings. The Labute approximate surface area is 280 Å². The Morgan fingerprint density at radius 3 is 1.43 bits per heavy atom. The van der Waals surface area contributed by atoms with Gasteiger partial charge >= 0.3 is 0 Å². The summed E-state index contributed by atoms with van der Waals surface area (Å²) in [6.45, 7) is 9.28. The van der Waals surface area contributed by atoms with E-state index in [1.54, 1.807) is 22.3 Å². The number of thiophene rings is 2. The number of benzene rings is 1. The molecule has 0 aliphatic heterocycles. The van der Waals surface area contributed by atoms with E-state index in [4.69, 9.17) is 0 Å². The quantitative estimate of drug-likeness (QED) is 0.0864. The lowest BCUT2D eigenvalue weighted by atomic mass is 9.96. The van der Waals surface area contributed by atoms with Gasteiger partial charge in [-0.25, -0.2) is 0 Å². The third kappa shape index (κ3) is 12.8. The largest absolute Gasteiger partial charge is 0.144 e. The van der Waals surface area contributed by atoms with Crippen LogP contribution in [-0.4, -0.2) is 0 Å². The van der Waals surface area contributed by atoms with Crippen LogP contribution in [0.1, 0.15) is 173 Å². The highest BCUT2D eigenvalue weighted by atomic mass is 32.1. The zero-order valence-electron chi connectivity index (χ0n) is 28.7. The first-order chi connectivity index (χ1) is 21.7. The maximum absolute atomic E-state index is 2.51. The topological polar surface area (TPSA) is 0 Å². The second-order valence-electron chi connectivity index (χ2n) is 12.7. The van der Waals surface area contributed by atoms with Crippen molar-refractivity contribution >= 4 is 47.0 Å². The van der Waals surface area contributed by atoms with Crippen LogP contribution in [0.5, 0.6) is 0 Å². The molecular formula is C42H62S2. The van der Waals surface area contributed by atoms with E-state index in [2.05, 4.69) is 87.7 Å². The standard InChI is InChI=1S/C42H62S2/c1-5-9-13-20-26-36-34-43-40(37(36)27-21-14-10-6-2)32-33-42-39(29-23-16-12-8-4)38(28-22-15-11-7-3)41(44-42)31-30-35-24-18-17-19-25-35/h17-19,24-25,30-34H,5-16,20-23,26-29H2,1-4H3/b31-30+,33-32+. The summed E-state index contributed by atoms with van der Waals surface area (Å²) < 4.78 is 0. The summed E-state index contributed by atoms with van der Waals surface area (Å²) in [5.41, 5.74) is 7.86. The number of aryl methyl sites for hydroxylation is 1. The van der Waals surface area contributed by atoms with Crippen LogP contribution in [0, 0.1) is 0 Å². The van der Waals surface area contributed by atoms with E-state index in [1.807, 2.05) is 22.7 Å². The van der Waals surface area contributed by atoms with Crippen molar-refractivity contribution < 1.29 is 0 Å². The predicted octanol–water partition coefficient (Wildman–Crippen LogP) is 14.6. The molecule has 0 spiro atoms. The van der Waals surface area contributed by atoms with Gasteiger partial charge in [-0.1, -0.05) is 141 Å². The van der Waals surface area contributed by atoms with Gasteiger partial charge < -0.3 is 0 Å². The highest BCUT2D eigenvalue weighted by Gasteiger charge is 2.16. The highest BCUT2D eigenvalue weighted by Crippen LogP contribution is 2.36. The zero-order valence-corrected chi connectivity index (χ0v) is 30.4. The Kier molecular flexibility index (Phi) is 18.8. The fourth-order valence-corrected chi connectivity index (χ4v) is 8.50. The van der Waals surface area contributed by atoms with Gasteiger partial charge in [-0.05, 0) is 103 Å². The van der Waals surface area contributed by atoms with Gasteiger partial charge in [0.2, 0.25) is 0 Å². The summed E-state index contributed by atoms with van der Waals surface area (Å²) in [5.74, 6) is 0. The molecule has 44 heavy (non-hydrogen) atoms. The van der Waals surface area contributed by atoms with E-state index in [9.17, 15) is 0 Å². The molecule has 0 radical (unpaired) electrons. The molecule has 0 saturated heterocycles. The summed E-state index contributed by atoms with van der Waals surface area (Å²) in [4.78, 5) is 4.51. The number of rotatable bonds is 24. The fraction of sp³-hybridized carbons (Fsp3) is 0.571. The van der Waals surface area contributed by atoms with E-state index >= 15 is 0 Å². The van der Waals surface area contributed by atoms with E-state index in [-0.39, 0.29) is 0 Å². The lowest BCUT2D eigenvalue weighted by Gasteiger charge is -2.08. The van der Waals surface area contributed by atoms with Crippen molar-refractivity contribution in [1.29, 1.82) is 0 Å². The summed E-state index contributed by atoms with van der Waals surface area (Å²) >= 11 is 4.03. The Balaban J connectivity index is 1.94. The van der Waals surface area contributed by atoms with Gasteiger partial charge in [0.15, 0.2) is 0 Å². The van der Waals surface area contributed by atoms with Gasteiger partial charge in [0.1, 0.15) is 0 Å². The van der Waals surface area contributed by atoms with Gasteiger partial charge in [-0.2, -0.15) is 0 Å². The molecule has 242 valence electrons.